The molecule has 1 N–H and O–H groups in total. The summed E-state index contributed by atoms with van der Waals surface area (Å²) in [4.78, 5) is 0. The summed E-state index contributed by atoms with van der Waals surface area (Å²) >= 11 is 6.14. The van der Waals surface area contributed by atoms with E-state index in [0.29, 0.717) is 6.54 Å². The number of rotatable bonds is 4. The molecule has 2 aromatic rings. The molecular formula is C14H16ClNO. The third kappa shape index (κ3) is 3.11. The Balaban J connectivity index is 1.98. The Morgan fingerprint density at radius 2 is 2.00 bits per heavy atom. The number of furan rings is 1. The number of aryl methyl sites for hydroxylation is 1. The highest BCUT2D eigenvalue weighted by Crippen LogP contribution is 2.22. The monoisotopic (exact) mass is 249 g/mol. The minimum absolute atomic E-state index is 0.203. The Morgan fingerprint density at radius 1 is 1.24 bits per heavy atom. The van der Waals surface area contributed by atoms with E-state index in [1.54, 1.807) is 0 Å². The van der Waals surface area contributed by atoms with Gasteiger partial charge in [-0.3, -0.25) is 0 Å². The van der Waals surface area contributed by atoms with Crippen LogP contribution in [0.2, 0.25) is 5.02 Å². The van der Waals surface area contributed by atoms with Crippen molar-refractivity contribution in [1.82, 2.24) is 5.32 Å². The van der Waals surface area contributed by atoms with E-state index < -0.39 is 0 Å². The summed E-state index contributed by atoms with van der Waals surface area (Å²) in [6.07, 6.45) is 0. The van der Waals surface area contributed by atoms with E-state index in [0.717, 1.165) is 22.1 Å². The fourth-order valence-corrected chi connectivity index (χ4v) is 2.07. The summed E-state index contributed by atoms with van der Waals surface area (Å²) in [5, 5.41) is 4.19. The fraction of sp³-hybridized carbons (Fsp3) is 0.286. The zero-order valence-corrected chi connectivity index (χ0v) is 10.8. The van der Waals surface area contributed by atoms with E-state index >= 15 is 0 Å². The second kappa shape index (κ2) is 5.39. The van der Waals surface area contributed by atoms with Gasteiger partial charge < -0.3 is 9.73 Å². The normalized spacial score (nSPS) is 12.6. The Hall–Kier alpha value is -1.25. The average Bonchev–Trinajstić information content (AvgIpc) is 2.73. The van der Waals surface area contributed by atoms with Crippen LogP contribution in [0.25, 0.3) is 0 Å². The molecule has 2 rings (SSSR count). The first-order valence-corrected chi connectivity index (χ1v) is 6.08. The molecule has 3 heteroatoms. The van der Waals surface area contributed by atoms with Gasteiger partial charge in [-0.15, -0.1) is 0 Å². The van der Waals surface area contributed by atoms with E-state index in [-0.39, 0.29) is 6.04 Å². The van der Waals surface area contributed by atoms with Crippen LogP contribution in [0.15, 0.2) is 40.8 Å². The van der Waals surface area contributed by atoms with Crippen molar-refractivity contribution in [3.8, 4) is 0 Å². The van der Waals surface area contributed by atoms with Gasteiger partial charge >= 0.3 is 0 Å². The Bertz CT molecular complexity index is 492. The van der Waals surface area contributed by atoms with Crippen LogP contribution in [0.1, 0.15) is 30.0 Å². The van der Waals surface area contributed by atoms with Crippen molar-refractivity contribution < 1.29 is 4.42 Å². The van der Waals surface area contributed by atoms with Gasteiger partial charge in [0, 0.05) is 11.1 Å². The van der Waals surface area contributed by atoms with Crippen molar-refractivity contribution in [2.75, 3.05) is 0 Å². The number of nitrogens with one attached hydrogen (secondary N) is 1. The van der Waals surface area contributed by atoms with Crippen LogP contribution in [0.5, 0.6) is 0 Å². The minimum atomic E-state index is 0.203. The van der Waals surface area contributed by atoms with Crippen molar-refractivity contribution in [3.05, 3.63) is 58.5 Å². The predicted molar refractivity (Wildman–Crippen MR) is 70.2 cm³/mol. The number of halogens is 1. The summed E-state index contributed by atoms with van der Waals surface area (Å²) < 4.78 is 5.50. The van der Waals surface area contributed by atoms with Crippen molar-refractivity contribution in [2.24, 2.45) is 0 Å². The molecule has 1 aromatic heterocycles. The van der Waals surface area contributed by atoms with Crippen molar-refractivity contribution in [2.45, 2.75) is 26.4 Å². The van der Waals surface area contributed by atoms with Gasteiger partial charge in [-0.25, -0.2) is 0 Å². The maximum absolute atomic E-state index is 6.14. The Morgan fingerprint density at radius 3 is 2.65 bits per heavy atom. The molecule has 1 unspecified atom stereocenters. The van der Waals surface area contributed by atoms with Crippen molar-refractivity contribution in [3.63, 3.8) is 0 Å². The lowest BCUT2D eigenvalue weighted by molar-refractivity contribution is 0.444. The molecular weight excluding hydrogens is 234 g/mol. The molecule has 17 heavy (non-hydrogen) atoms. The number of hydrogen-bond acceptors (Lipinski definition) is 2. The van der Waals surface area contributed by atoms with Gasteiger partial charge in [-0.2, -0.15) is 0 Å². The van der Waals surface area contributed by atoms with Gasteiger partial charge in [0.15, 0.2) is 0 Å². The van der Waals surface area contributed by atoms with Crippen molar-refractivity contribution >= 4 is 11.6 Å². The lowest BCUT2D eigenvalue weighted by atomic mass is 10.1. The largest absolute Gasteiger partial charge is 0.465 e. The lowest BCUT2D eigenvalue weighted by Crippen LogP contribution is -2.18. The van der Waals surface area contributed by atoms with Gasteiger partial charge in [0.1, 0.15) is 11.5 Å². The molecule has 0 aliphatic carbocycles. The molecule has 0 amide bonds. The van der Waals surface area contributed by atoms with Crippen LogP contribution in [0.4, 0.5) is 0 Å². The molecule has 0 saturated carbocycles. The Kier molecular flexibility index (Phi) is 3.87. The number of benzene rings is 1. The highest BCUT2D eigenvalue weighted by atomic mass is 35.5. The van der Waals surface area contributed by atoms with E-state index in [4.69, 9.17) is 16.0 Å². The van der Waals surface area contributed by atoms with Crippen LogP contribution in [0.3, 0.4) is 0 Å². The second-order valence-corrected chi connectivity index (χ2v) is 4.54. The van der Waals surface area contributed by atoms with E-state index in [2.05, 4.69) is 12.2 Å². The molecule has 1 atom stereocenters. The van der Waals surface area contributed by atoms with Gasteiger partial charge in [0.25, 0.3) is 0 Å². The van der Waals surface area contributed by atoms with E-state index in [1.165, 1.54) is 0 Å². The molecule has 0 aliphatic rings. The highest BCUT2D eigenvalue weighted by molar-refractivity contribution is 6.31. The zero-order valence-electron chi connectivity index (χ0n) is 10.0. The maximum Gasteiger partial charge on any atom is 0.117 e. The summed E-state index contributed by atoms with van der Waals surface area (Å²) in [7, 11) is 0. The summed E-state index contributed by atoms with van der Waals surface area (Å²) in [6.45, 7) is 4.75. The van der Waals surface area contributed by atoms with Crippen LogP contribution < -0.4 is 5.32 Å². The molecule has 0 saturated heterocycles. The average molecular weight is 250 g/mol. The Labute approximate surface area is 107 Å². The quantitative estimate of drug-likeness (QED) is 0.883. The molecule has 2 nitrogen and oxygen atoms in total. The first-order chi connectivity index (χ1) is 8.16. The van der Waals surface area contributed by atoms with Crippen LogP contribution in [0, 0.1) is 6.92 Å². The first-order valence-electron chi connectivity index (χ1n) is 5.70. The first kappa shape index (κ1) is 12.2. The maximum atomic E-state index is 6.14. The van der Waals surface area contributed by atoms with Crippen molar-refractivity contribution in [1.29, 1.82) is 0 Å². The van der Waals surface area contributed by atoms with Crippen LogP contribution in [-0.2, 0) is 6.54 Å². The molecule has 90 valence electrons. The molecule has 1 aromatic carbocycles. The minimum Gasteiger partial charge on any atom is -0.465 e. The summed E-state index contributed by atoms with van der Waals surface area (Å²) in [5.74, 6) is 1.88. The van der Waals surface area contributed by atoms with Gasteiger partial charge in [0.2, 0.25) is 0 Å². The third-order valence-electron chi connectivity index (χ3n) is 2.75. The fourth-order valence-electron chi connectivity index (χ4n) is 1.77. The number of hydrogen-bond donors (Lipinski definition) is 1. The highest BCUT2D eigenvalue weighted by Gasteiger charge is 2.09. The SMILES string of the molecule is Cc1ccc(CNC(C)c2ccccc2Cl)o1. The van der Waals surface area contributed by atoms with Crippen LogP contribution in [-0.4, -0.2) is 0 Å². The zero-order chi connectivity index (χ0) is 12.3. The lowest BCUT2D eigenvalue weighted by Gasteiger charge is -2.14. The third-order valence-corrected chi connectivity index (χ3v) is 3.09. The smallest absolute Gasteiger partial charge is 0.117 e. The summed E-state index contributed by atoms with van der Waals surface area (Å²) in [6, 6.07) is 12.0. The molecule has 0 fully saturated rings. The molecule has 0 aliphatic heterocycles. The second-order valence-electron chi connectivity index (χ2n) is 4.14. The predicted octanol–water partition coefficient (Wildman–Crippen LogP) is 4.09. The standard InChI is InChI=1S/C14H16ClNO/c1-10-7-8-12(17-10)9-16-11(2)13-5-3-4-6-14(13)15/h3-8,11,16H,9H2,1-2H3. The van der Waals surface area contributed by atoms with Crippen LogP contribution >= 0.6 is 11.6 Å². The molecule has 0 radical (unpaired) electrons. The van der Waals surface area contributed by atoms with Gasteiger partial charge in [0.05, 0.1) is 6.54 Å². The van der Waals surface area contributed by atoms with E-state index in [9.17, 15) is 0 Å². The molecule has 0 bridgehead atoms. The van der Waals surface area contributed by atoms with Gasteiger partial charge in [-0.05, 0) is 37.6 Å². The topological polar surface area (TPSA) is 25.2 Å². The van der Waals surface area contributed by atoms with E-state index in [1.807, 2.05) is 43.3 Å². The summed E-state index contributed by atoms with van der Waals surface area (Å²) in [5.41, 5.74) is 1.11. The molecule has 1 heterocycles. The molecule has 0 spiro atoms. The van der Waals surface area contributed by atoms with Gasteiger partial charge in [-0.1, -0.05) is 29.8 Å².